The van der Waals surface area contributed by atoms with Gasteiger partial charge < -0.3 is 9.84 Å². The van der Waals surface area contributed by atoms with Crippen molar-refractivity contribution < 1.29 is 9.84 Å². The fourth-order valence-corrected chi connectivity index (χ4v) is 6.31. The number of hydrogen-bond donors (Lipinski definition) is 1. The number of benzene rings is 1. The Morgan fingerprint density at radius 1 is 1.25 bits per heavy atom. The smallest absolute Gasteiger partial charge is 0.130 e. The molecule has 1 aromatic carbocycles. The van der Waals surface area contributed by atoms with Crippen molar-refractivity contribution in [1.29, 1.82) is 0 Å². The molecule has 0 aliphatic heterocycles. The molecule has 1 aromatic rings. The average Bonchev–Trinajstić information content (AvgIpc) is 2.86. The molecule has 2 heteroatoms. The van der Waals surface area contributed by atoms with Crippen molar-refractivity contribution in [3.05, 3.63) is 28.8 Å². The summed E-state index contributed by atoms with van der Waals surface area (Å²) >= 11 is 0. The van der Waals surface area contributed by atoms with Gasteiger partial charge in [0.15, 0.2) is 0 Å². The zero-order valence-corrected chi connectivity index (χ0v) is 15.1. The van der Waals surface area contributed by atoms with Gasteiger partial charge in [0.1, 0.15) is 11.4 Å². The number of hydrogen-bond acceptors (Lipinski definition) is 2. The first-order valence-electron chi connectivity index (χ1n) is 9.31. The van der Waals surface area contributed by atoms with E-state index in [0.29, 0.717) is 17.8 Å². The van der Waals surface area contributed by atoms with E-state index in [1.54, 1.807) is 12.7 Å². The Kier molecular flexibility index (Phi) is 3.52. The summed E-state index contributed by atoms with van der Waals surface area (Å²) in [6, 6.07) is 4.42. The summed E-state index contributed by atoms with van der Waals surface area (Å²) in [6.07, 6.45) is 12.1. The van der Waals surface area contributed by atoms with Crippen LogP contribution in [0, 0.1) is 36.5 Å². The van der Waals surface area contributed by atoms with Crippen molar-refractivity contribution in [2.24, 2.45) is 17.3 Å². The van der Waals surface area contributed by atoms with Gasteiger partial charge in [-0.25, -0.2) is 0 Å². The van der Waals surface area contributed by atoms with Crippen molar-refractivity contribution in [1.82, 2.24) is 0 Å². The van der Waals surface area contributed by atoms with Gasteiger partial charge >= 0.3 is 0 Å². The third kappa shape index (κ3) is 1.94. The molecule has 3 aliphatic rings. The molecule has 128 valence electrons. The van der Waals surface area contributed by atoms with Gasteiger partial charge in [0.05, 0.1) is 7.11 Å². The molecule has 0 bridgehead atoms. The maximum atomic E-state index is 11.0. The van der Waals surface area contributed by atoms with Crippen molar-refractivity contribution in [2.75, 3.05) is 7.11 Å². The van der Waals surface area contributed by atoms with Gasteiger partial charge in [-0.15, -0.1) is 6.42 Å². The number of rotatable bonds is 1. The first kappa shape index (κ1) is 16.0. The molecule has 5 atom stereocenters. The second-order valence-electron chi connectivity index (χ2n) is 8.43. The van der Waals surface area contributed by atoms with Crippen LogP contribution >= 0.6 is 0 Å². The number of terminal acetylenes is 1. The number of methoxy groups -OCH3 is 1. The molecule has 2 saturated carbocycles. The Morgan fingerprint density at radius 2 is 2.04 bits per heavy atom. The number of aryl methyl sites for hydroxylation is 2. The van der Waals surface area contributed by atoms with Gasteiger partial charge in [0.25, 0.3) is 0 Å². The van der Waals surface area contributed by atoms with Crippen LogP contribution < -0.4 is 4.74 Å². The topological polar surface area (TPSA) is 29.5 Å². The summed E-state index contributed by atoms with van der Waals surface area (Å²) in [4.78, 5) is 0. The van der Waals surface area contributed by atoms with Crippen LogP contribution in [0.5, 0.6) is 5.75 Å². The van der Waals surface area contributed by atoms with E-state index < -0.39 is 5.60 Å². The molecule has 0 spiro atoms. The predicted molar refractivity (Wildman–Crippen MR) is 96.1 cm³/mol. The summed E-state index contributed by atoms with van der Waals surface area (Å²) in [7, 11) is 1.75. The second kappa shape index (κ2) is 5.27. The van der Waals surface area contributed by atoms with Crippen LogP contribution in [0.4, 0.5) is 0 Å². The van der Waals surface area contributed by atoms with Crippen LogP contribution in [-0.2, 0) is 6.42 Å². The predicted octanol–water partition coefficient (Wildman–Crippen LogP) is 4.22. The Bertz CT molecular complexity index is 715. The lowest BCUT2D eigenvalue weighted by molar-refractivity contribution is -0.0647. The van der Waals surface area contributed by atoms with Gasteiger partial charge in [-0.05, 0) is 92.0 Å². The molecule has 0 saturated heterocycles. The highest BCUT2D eigenvalue weighted by Gasteiger charge is 2.61. The molecule has 4 rings (SSSR count). The van der Waals surface area contributed by atoms with E-state index in [1.165, 1.54) is 17.5 Å². The summed E-state index contributed by atoms with van der Waals surface area (Å²) < 4.78 is 5.47. The lowest BCUT2D eigenvalue weighted by Gasteiger charge is -2.52. The first-order valence-corrected chi connectivity index (χ1v) is 9.31. The van der Waals surface area contributed by atoms with Crippen molar-refractivity contribution >= 4 is 0 Å². The molecule has 24 heavy (non-hydrogen) atoms. The quantitative estimate of drug-likeness (QED) is 0.784. The van der Waals surface area contributed by atoms with Crippen LogP contribution in [0.2, 0.25) is 0 Å². The van der Waals surface area contributed by atoms with Crippen LogP contribution in [-0.4, -0.2) is 17.8 Å². The number of aliphatic hydroxyl groups is 1. The number of fused-ring (bicyclic) bond motifs is 5. The second-order valence-corrected chi connectivity index (χ2v) is 8.43. The maximum absolute atomic E-state index is 11.0. The van der Waals surface area contributed by atoms with Crippen molar-refractivity contribution in [2.45, 2.75) is 63.9 Å². The summed E-state index contributed by atoms with van der Waals surface area (Å²) in [5.41, 5.74) is 3.39. The first-order chi connectivity index (χ1) is 11.4. The molecular formula is C22H28O2. The molecule has 0 unspecified atom stereocenters. The van der Waals surface area contributed by atoms with E-state index in [2.05, 4.69) is 31.9 Å². The summed E-state index contributed by atoms with van der Waals surface area (Å²) in [6.45, 7) is 4.47. The van der Waals surface area contributed by atoms with E-state index in [4.69, 9.17) is 11.2 Å². The van der Waals surface area contributed by atoms with Gasteiger partial charge in [0.2, 0.25) is 0 Å². The maximum Gasteiger partial charge on any atom is 0.130 e. The highest BCUT2D eigenvalue weighted by Crippen LogP contribution is 2.64. The molecule has 3 aliphatic carbocycles. The third-order valence-corrected chi connectivity index (χ3v) is 7.63. The Hall–Kier alpha value is -1.46. The van der Waals surface area contributed by atoms with Crippen LogP contribution in [0.15, 0.2) is 12.1 Å². The van der Waals surface area contributed by atoms with Crippen LogP contribution in [0.3, 0.4) is 0 Å². The molecule has 1 N–H and O–H groups in total. The monoisotopic (exact) mass is 324 g/mol. The molecule has 0 aromatic heterocycles. The van der Waals surface area contributed by atoms with Crippen molar-refractivity contribution in [3.8, 4) is 18.1 Å². The fourth-order valence-electron chi connectivity index (χ4n) is 6.31. The Labute approximate surface area is 145 Å². The van der Waals surface area contributed by atoms with E-state index in [-0.39, 0.29) is 5.41 Å². The fraction of sp³-hybridized carbons (Fsp3) is 0.636. The van der Waals surface area contributed by atoms with Crippen LogP contribution in [0.25, 0.3) is 0 Å². The third-order valence-electron chi connectivity index (χ3n) is 7.63. The average molecular weight is 324 g/mol. The van der Waals surface area contributed by atoms with Gasteiger partial charge in [-0.3, -0.25) is 0 Å². The molecule has 0 amide bonds. The largest absolute Gasteiger partial charge is 0.497 e. The molecule has 0 radical (unpaired) electrons. The SMILES string of the molecule is C#C[C@]1(O)CC[C@@H]2[C@@H]3CCc4cc(OC)cc(C)c4[C@@H]3CC[C@@]21C. The van der Waals surface area contributed by atoms with Gasteiger partial charge in [-0.1, -0.05) is 12.8 Å². The highest BCUT2D eigenvalue weighted by molar-refractivity contribution is 5.46. The molecular weight excluding hydrogens is 296 g/mol. The van der Waals surface area contributed by atoms with Gasteiger partial charge in [-0.2, -0.15) is 0 Å². The zero-order valence-electron chi connectivity index (χ0n) is 15.1. The Morgan fingerprint density at radius 3 is 2.75 bits per heavy atom. The van der Waals surface area contributed by atoms with Crippen LogP contribution in [0.1, 0.15) is 61.6 Å². The standard InChI is InChI=1S/C22H28O2/c1-5-22(23)11-9-19-17-7-6-15-13-16(24-4)12-14(2)20(15)18(17)8-10-21(19,22)3/h1,12-13,17-19,23H,6-11H2,2-4H3/t17-,18-,19-,21+,22+/m1/s1. The lowest BCUT2D eigenvalue weighted by Crippen LogP contribution is -2.50. The van der Waals surface area contributed by atoms with E-state index >= 15 is 0 Å². The lowest BCUT2D eigenvalue weighted by atomic mass is 9.53. The van der Waals surface area contributed by atoms with Gasteiger partial charge in [0, 0.05) is 5.41 Å². The van der Waals surface area contributed by atoms with E-state index in [0.717, 1.165) is 37.9 Å². The number of ether oxygens (including phenoxy) is 1. The molecule has 2 nitrogen and oxygen atoms in total. The molecule has 0 heterocycles. The van der Waals surface area contributed by atoms with Crippen molar-refractivity contribution in [3.63, 3.8) is 0 Å². The zero-order chi connectivity index (χ0) is 17.1. The summed E-state index contributed by atoms with van der Waals surface area (Å²) in [5.74, 6) is 5.57. The van der Waals surface area contributed by atoms with E-state index in [1.807, 2.05) is 0 Å². The van der Waals surface area contributed by atoms with E-state index in [9.17, 15) is 5.11 Å². The minimum atomic E-state index is -0.905. The highest BCUT2D eigenvalue weighted by atomic mass is 16.5. The molecule has 2 fully saturated rings. The summed E-state index contributed by atoms with van der Waals surface area (Å²) in [5, 5.41) is 11.0. The minimum Gasteiger partial charge on any atom is -0.497 e. The Balaban J connectivity index is 1.74. The minimum absolute atomic E-state index is 0.110. The normalized spacial score (nSPS) is 40.2.